The lowest BCUT2D eigenvalue weighted by Gasteiger charge is -2.34. The lowest BCUT2D eigenvalue weighted by Crippen LogP contribution is -2.34. The highest BCUT2D eigenvalue weighted by atomic mass is 16.1. The number of rotatable bonds is 5. The Morgan fingerprint density at radius 2 is 2.15 bits per heavy atom. The summed E-state index contributed by atoms with van der Waals surface area (Å²) in [6.45, 7) is 10.5. The lowest BCUT2D eigenvalue weighted by atomic mass is 9.92. The standard InChI is InChI=1S/C22H29N3O/c1-6-16(3)20-14-24-22(23)9-7-8-21(20)25(5)19-11-10-15(2)12-18(13-19)17(4)26/h7-13,19-20H,3,6,14H2,1-2,4-5H3,(H2,23,24)/b9-7+,21-8?. The number of aliphatic imine (C=N–C) groups is 1. The van der Waals surface area contributed by atoms with Gasteiger partial charge >= 0.3 is 0 Å². The molecule has 2 rings (SSSR count). The van der Waals surface area contributed by atoms with Crippen LogP contribution < -0.4 is 5.73 Å². The van der Waals surface area contributed by atoms with Crippen LogP contribution in [0.1, 0.15) is 27.2 Å². The highest BCUT2D eigenvalue weighted by molar-refractivity contribution is 5.96. The number of Topliss-reactive ketones (excluding diaryl/α,β-unsaturated/α-hetero) is 1. The van der Waals surface area contributed by atoms with Crippen molar-refractivity contribution in [1.29, 1.82) is 0 Å². The van der Waals surface area contributed by atoms with Gasteiger partial charge in [0.15, 0.2) is 5.78 Å². The smallest absolute Gasteiger partial charge is 0.159 e. The van der Waals surface area contributed by atoms with E-state index < -0.39 is 0 Å². The maximum atomic E-state index is 12.0. The molecule has 0 aromatic heterocycles. The molecule has 0 bridgehead atoms. The summed E-state index contributed by atoms with van der Waals surface area (Å²) in [5.41, 5.74) is 9.94. The number of amidine groups is 1. The lowest BCUT2D eigenvalue weighted by molar-refractivity contribution is -0.113. The third-order valence-electron chi connectivity index (χ3n) is 4.85. The number of hydrogen-bond donors (Lipinski definition) is 1. The molecule has 0 amide bonds. The van der Waals surface area contributed by atoms with Crippen molar-refractivity contribution in [3.8, 4) is 0 Å². The first kappa shape index (κ1) is 19.7. The van der Waals surface area contributed by atoms with Gasteiger partial charge in [0.1, 0.15) is 5.84 Å². The monoisotopic (exact) mass is 351 g/mol. The van der Waals surface area contributed by atoms with Gasteiger partial charge in [-0.15, -0.1) is 0 Å². The third kappa shape index (κ3) is 4.72. The van der Waals surface area contributed by atoms with E-state index in [1.54, 1.807) is 6.92 Å². The van der Waals surface area contributed by atoms with Crippen LogP contribution in [0.3, 0.4) is 0 Å². The van der Waals surface area contributed by atoms with Crippen LogP contribution in [0.4, 0.5) is 0 Å². The Labute approximate surface area is 156 Å². The molecule has 0 aromatic carbocycles. The first-order chi connectivity index (χ1) is 12.3. The average Bonchev–Trinajstić information content (AvgIpc) is 2.79. The third-order valence-corrected chi connectivity index (χ3v) is 4.85. The molecule has 0 saturated carbocycles. The summed E-state index contributed by atoms with van der Waals surface area (Å²) in [6.07, 6.45) is 14.8. The molecule has 138 valence electrons. The van der Waals surface area contributed by atoms with Gasteiger partial charge in [-0.3, -0.25) is 9.79 Å². The number of nitrogens with zero attached hydrogens (tertiary/aromatic N) is 2. The zero-order valence-electron chi connectivity index (χ0n) is 16.2. The highest BCUT2D eigenvalue weighted by Gasteiger charge is 2.24. The number of carbonyl (C=O) groups is 1. The van der Waals surface area contributed by atoms with E-state index >= 15 is 0 Å². The van der Waals surface area contributed by atoms with E-state index in [2.05, 4.69) is 41.6 Å². The second-order valence-electron chi connectivity index (χ2n) is 6.81. The molecule has 1 heterocycles. The second-order valence-corrected chi connectivity index (χ2v) is 6.81. The maximum Gasteiger partial charge on any atom is 0.159 e. The van der Waals surface area contributed by atoms with Crippen LogP contribution in [0.5, 0.6) is 0 Å². The molecule has 2 aliphatic rings. The van der Waals surface area contributed by atoms with Gasteiger partial charge in [0.05, 0.1) is 12.6 Å². The Bertz CT molecular complexity index is 762. The van der Waals surface area contributed by atoms with Crippen molar-refractivity contribution in [2.45, 2.75) is 33.2 Å². The fourth-order valence-electron chi connectivity index (χ4n) is 3.12. The van der Waals surface area contributed by atoms with E-state index in [0.29, 0.717) is 12.4 Å². The molecule has 0 radical (unpaired) electrons. The van der Waals surface area contributed by atoms with Crippen LogP contribution >= 0.6 is 0 Å². The molecule has 0 saturated heterocycles. The normalized spacial score (nSPS) is 24.2. The molecule has 1 aliphatic carbocycles. The van der Waals surface area contributed by atoms with Crippen molar-refractivity contribution in [3.63, 3.8) is 0 Å². The molecule has 0 spiro atoms. The minimum absolute atomic E-state index is 0.0184. The Kier molecular flexibility index (Phi) is 6.56. The first-order valence-electron chi connectivity index (χ1n) is 9.01. The molecule has 2 N–H and O–H groups in total. The number of ketones is 1. The Morgan fingerprint density at radius 1 is 1.42 bits per heavy atom. The summed E-state index contributed by atoms with van der Waals surface area (Å²) in [6, 6.07) is -0.0184. The van der Waals surface area contributed by atoms with Gasteiger partial charge in [-0.2, -0.15) is 0 Å². The van der Waals surface area contributed by atoms with Crippen molar-refractivity contribution >= 4 is 11.6 Å². The van der Waals surface area contributed by atoms with Crippen LogP contribution in [0.15, 0.2) is 76.5 Å². The van der Waals surface area contributed by atoms with Gasteiger partial charge < -0.3 is 10.6 Å². The molecule has 0 fully saturated rings. The van der Waals surface area contributed by atoms with Gasteiger partial charge in [0, 0.05) is 24.2 Å². The SMILES string of the molecule is C=C(CC)C1CN=C(N)/C=C/C=C1N(C)C1C=CC(C)=CC(C(C)=O)=C1. The van der Waals surface area contributed by atoms with Crippen LogP contribution in [0.2, 0.25) is 0 Å². The van der Waals surface area contributed by atoms with Gasteiger partial charge in [-0.1, -0.05) is 42.9 Å². The Morgan fingerprint density at radius 3 is 2.81 bits per heavy atom. The van der Waals surface area contributed by atoms with Crippen molar-refractivity contribution in [3.05, 3.63) is 71.5 Å². The molecule has 1 aliphatic heterocycles. The van der Waals surface area contributed by atoms with Gasteiger partial charge in [0.25, 0.3) is 0 Å². The van der Waals surface area contributed by atoms with E-state index in [9.17, 15) is 4.79 Å². The van der Waals surface area contributed by atoms with E-state index in [1.807, 2.05) is 38.3 Å². The Hall–Kier alpha value is -2.62. The minimum Gasteiger partial charge on any atom is -0.384 e. The average molecular weight is 351 g/mol. The van der Waals surface area contributed by atoms with Crippen molar-refractivity contribution < 1.29 is 4.79 Å². The van der Waals surface area contributed by atoms with Crippen molar-refractivity contribution in [2.75, 3.05) is 13.6 Å². The first-order valence-corrected chi connectivity index (χ1v) is 9.01. The van der Waals surface area contributed by atoms with Crippen LogP contribution in [0.25, 0.3) is 0 Å². The minimum atomic E-state index is -0.0184. The quantitative estimate of drug-likeness (QED) is 0.768. The topological polar surface area (TPSA) is 58.7 Å². The van der Waals surface area contributed by atoms with E-state index in [1.165, 1.54) is 0 Å². The summed E-state index contributed by atoms with van der Waals surface area (Å²) >= 11 is 0. The molecule has 4 heteroatoms. The van der Waals surface area contributed by atoms with Crippen LogP contribution in [-0.2, 0) is 4.79 Å². The Balaban J connectivity index is 2.42. The fraction of sp³-hybridized carbons (Fsp3) is 0.364. The number of nitrogens with two attached hydrogens (primary N) is 1. The maximum absolute atomic E-state index is 12.0. The van der Waals surface area contributed by atoms with Crippen molar-refractivity contribution in [1.82, 2.24) is 4.90 Å². The largest absolute Gasteiger partial charge is 0.384 e. The molecule has 4 nitrogen and oxygen atoms in total. The number of carbonyl (C=O) groups excluding carboxylic acids is 1. The summed E-state index contributed by atoms with van der Waals surface area (Å²) in [5.74, 6) is 0.697. The van der Waals surface area contributed by atoms with Gasteiger partial charge in [-0.05, 0) is 44.6 Å². The number of likely N-dealkylation sites (N-methyl/N-ethyl adjacent to an activating group) is 1. The predicted octanol–water partition coefficient (Wildman–Crippen LogP) is 3.71. The molecule has 0 aromatic rings. The summed E-state index contributed by atoms with van der Waals surface area (Å²) in [7, 11) is 2.05. The predicted molar refractivity (Wildman–Crippen MR) is 110 cm³/mol. The number of hydrogen-bond acceptors (Lipinski definition) is 4. The zero-order valence-corrected chi connectivity index (χ0v) is 16.2. The summed E-state index contributed by atoms with van der Waals surface area (Å²) in [4.78, 5) is 18.6. The fourth-order valence-corrected chi connectivity index (χ4v) is 3.12. The molecule has 2 atom stereocenters. The molecular weight excluding hydrogens is 322 g/mol. The van der Waals surface area contributed by atoms with Crippen LogP contribution in [0, 0.1) is 5.92 Å². The van der Waals surface area contributed by atoms with Gasteiger partial charge in [-0.25, -0.2) is 0 Å². The number of allylic oxidation sites excluding steroid dienone is 6. The highest BCUT2D eigenvalue weighted by Crippen LogP contribution is 2.28. The van der Waals surface area contributed by atoms with E-state index in [-0.39, 0.29) is 17.7 Å². The van der Waals surface area contributed by atoms with Crippen molar-refractivity contribution in [2.24, 2.45) is 16.6 Å². The summed E-state index contributed by atoms with van der Waals surface area (Å²) < 4.78 is 0. The molecule has 2 unspecified atom stereocenters. The molecular formula is C22H29N3O. The van der Waals surface area contributed by atoms with Gasteiger partial charge in [0.2, 0.25) is 0 Å². The van der Waals surface area contributed by atoms with E-state index in [0.717, 1.165) is 28.8 Å². The van der Waals surface area contributed by atoms with E-state index in [4.69, 9.17) is 5.73 Å². The van der Waals surface area contributed by atoms with Crippen LogP contribution in [-0.4, -0.2) is 36.2 Å². The summed E-state index contributed by atoms with van der Waals surface area (Å²) in [5, 5.41) is 0. The second kappa shape index (κ2) is 8.65. The zero-order chi connectivity index (χ0) is 19.3. The molecule has 26 heavy (non-hydrogen) atoms.